The predicted octanol–water partition coefficient (Wildman–Crippen LogP) is 1.23. The summed E-state index contributed by atoms with van der Waals surface area (Å²) in [6.07, 6.45) is 1.37. The highest BCUT2D eigenvalue weighted by molar-refractivity contribution is 5.82. The van der Waals surface area contributed by atoms with E-state index < -0.39 is 23.8 Å². The van der Waals surface area contributed by atoms with Gasteiger partial charge in [0.05, 0.1) is 6.61 Å². The Labute approximate surface area is 94.0 Å². The smallest absolute Gasteiger partial charge is 0.346 e. The second-order valence-corrected chi connectivity index (χ2v) is 4.45. The Morgan fingerprint density at radius 3 is 2.88 bits per heavy atom. The minimum Gasteiger partial charge on any atom is -0.455 e. The van der Waals surface area contributed by atoms with Crippen molar-refractivity contribution in [1.29, 1.82) is 0 Å². The van der Waals surface area contributed by atoms with Crippen LogP contribution in [0.2, 0.25) is 0 Å². The molecule has 5 heteroatoms. The third kappa shape index (κ3) is 2.20. The summed E-state index contributed by atoms with van der Waals surface area (Å²) >= 11 is 0. The van der Waals surface area contributed by atoms with Gasteiger partial charge >= 0.3 is 5.97 Å². The van der Waals surface area contributed by atoms with Crippen molar-refractivity contribution < 1.29 is 23.4 Å². The summed E-state index contributed by atoms with van der Waals surface area (Å²) in [7, 11) is 0. The number of fused-ring (bicyclic) bond motifs is 1. The first-order chi connectivity index (χ1) is 7.62. The molecule has 0 bridgehead atoms. The number of carbonyl (C=O) groups is 1. The molecule has 2 aliphatic rings. The zero-order valence-electron chi connectivity index (χ0n) is 9.41. The maximum Gasteiger partial charge on any atom is 0.346 e. The van der Waals surface area contributed by atoms with Crippen molar-refractivity contribution in [3.8, 4) is 0 Å². The molecule has 2 aliphatic heterocycles. The lowest BCUT2D eigenvalue weighted by atomic mass is 10.00. The van der Waals surface area contributed by atoms with Crippen molar-refractivity contribution >= 4 is 5.97 Å². The molecule has 0 spiro atoms. The van der Waals surface area contributed by atoms with Gasteiger partial charge in [0.2, 0.25) is 5.67 Å². The van der Waals surface area contributed by atoms with Gasteiger partial charge in [0, 0.05) is 13.2 Å². The van der Waals surface area contributed by atoms with Crippen LogP contribution in [0.5, 0.6) is 0 Å². The largest absolute Gasteiger partial charge is 0.455 e. The third-order valence-corrected chi connectivity index (χ3v) is 3.04. The number of carbonyl (C=O) groups excluding carboxylic acids is 1. The molecule has 2 heterocycles. The van der Waals surface area contributed by atoms with Crippen molar-refractivity contribution in [1.82, 2.24) is 0 Å². The zero-order valence-corrected chi connectivity index (χ0v) is 9.41. The van der Waals surface area contributed by atoms with Crippen LogP contribution in [-0.2, 0) is 19.0 Å². The van der Waals surface area contributed by atoms with Gasteiger partial charge in [-0.1, -0.05) is 0 Å². The van der Waals surface area contributed by atoms with E-state index >= 15 is 0 Å². The van der Waals surface area contributed by atoms with Crippen molar-refractivity contribution in [2.45, 2.75) is 44.1 Å². The van der Waals surface area contributed by atoms with Gasteiger partial charge in [-0.25, -0.2) is 9.18 Å². The van der Waals surface area contributed by atoms with Crippen LogP contribution in [0.1, 0.15) is 26.2 Å². The fourth-order valence-electron chi connectivity index (χ4n) is 2.06. The maximum absolute atomic E-state index is 14.0. The molecule has 0 radical (unpaired) electrons. The van der Waals surface area contributed by atoms with Crippen molar-refractivity contribution in [2.24, 2.45) is 0 Å². The first-order valence-corrected chi connectivity index (χ1v) is 5.71. The molecule has 2 fully saturated rings. The van der Waals surface area contributed by atoms with E-state index in [0.29, 0.717) is 13.2 Å². The topological polar surface area (TPSA) is 44.8 Å². The maximum atomic E-state index is 14.0. The van der Waals surface area contributed by atoms with Gasteiger partial charge in [-0.3, -0.25) is 0 Å². The quantitative estimate of drug-likeness (QED) is 0.589. The lowest BCUT2D eigenvalue weighted by Gasteiger charge is -2.24. The number of halogens is 1. The molecule has 2 saturated heterocycles. The Morgan fingerprint density at radius 2 is 2.06 bits per heavy atom. The van der Waals surface area contributed by atoms with Gasteiger partial charge in [-0.15, -0.1) is 0 Å². The molecule has 16 heavy (non-hydrogen) atoms. The third-order valence-electron chi connectivity index (χ3n) is 3.04. The van der Waals surface area contributed by atoms with E-state index in [0.717, 1.165) is 19.3 Å². The fraction of sp³-hybridized carbons (Fsp3) is 0.909. The predicted molar refractivity (Wildman–Crippen MR) is 53.8 cm³/mol. The van der Waals surface area contributed by atoms with Crippen LogP contribution < -0.4 is 0 Å². The van der Waals surface area contributed by atoms with Crippen LogP contribution in [0.3, 0.4) is 0 Å². The standard InChI is InChI=1S/C11H17FO4/c1-11(12)9-8(16-10(11)13)7-14-5-3-2-4-6-15-9/h8-9H,2-7H2,1H3/t8-,9-,11-/m1/s1. The van der Waals surface area contributed by atoms with Crippen LogP contribution in [0.4, 0.5) is 4.39 Å². The molecule has 0 N–H and O–H groups in total. The van der Waals surface area contributed by atoms with Crippen LogP contribution >= 0.6 is 0 Å². The van der Waals surface area contributed by atoms with E-state index in [9.17, 15) is 9.18 Å². The number of alkyl halides is 1. The van der Waals surface area contributed by atoms with Gasteiger partial charge in [-0.2, -0.15) is 0 Å². The number of hydrogen-bond donors (Lipinski definition) is 0. The van der Waals surface area contributed by atoms with Gasteiger partial charge in [0.15, 0.2) is 6.10 Å². The van der Waals surface area contributed by atoms with Crippen molar-refractivity contribution in [2.75, 3.05) is 19.8 Å². The Kier molecular flexibility index (Phi) is 3.44. The minimum atomic E-state index is -2.05. The van der Waals surface area contributed by atoms with E-state index in [4.69, 9.17) is 14.2 Å². The molecular formula is C11H17FO4. The van der Waals surface area contributed by atoms with Crippen LogP contribution in [0.25, 0.3) is 0 Å². The highest BCUT2D eigenvalue weighted by atomic mass is 19.1. The van der Waals surface area contributed by atoms with E-state index in [1.807, 2.05) is 0 Å². The normalized spacial score (nSPS) is 41.2. The van der Waals surface area contributed by atoms with Crippen molar-refractivity contribution in [3.05, 3.63) is 0 Å². The fourth-order valence-corrected chi connectivity index (χ4v) is 2.06. The van der Waals surface area contributed by atoms with Gasteiger partial charge in [0.25, 0.3) is 0 Å². The number of esters is 1. The number of hydrogen-bond acceptors (Lipinski definition) is 4. The molecule has 0 aromatic rings. The average molecular weight is 232 g/mol. The Bertz CT molecular complexity index is 267. The van der Waals surface area contributed by atoms with Gasteiger partial charge in [0.1, 0.15) is 6.10 Å². The average Bonchev–Trinajstić information content (AvgIpc) is 2.46. The molecular weight excluding hydrogens is 215 g/mol. The van der Waals surface area contributed by atoms with Crippen LogP contribution in [-0.4, -0.2) is 43.7 Å². The van der Waals surface area contributed by atoms with E-state index in [-0.39, 0.29) is 6.61 Å². The molecule has 3 atom stereocenters. The molecule has 0 aromatic heterocycles. The molecule has 0 saturated carbocycles. The number of rotatable bonds is 0. The molecule has 4 nitrogen and oxygen atoms in total. The number of ether oxygens (including phenoxy) is 3. The van der Waals surface area contributed by atoms with E-state index in [2.05, 4.69) is 0 Å². The lowest BCUT2D eigenvalue weighted by Crippen LogP contribution is -2.43. The summed E-state index contributed by atoms with van der Waals surface area (Å²) in [4.78, 5) is 11.3. The SMILES string of the molecule is C[C@]1(F)C(=O)O[C@@H]2COCCCCCO[C@H]21. The summed E-state index contributed by atoms with van der Waals surface area (Å²) in [6, 6.07) is 0. The van der Waals surface area contributed by atoms with Crippen molar-refractivity contribution in [3.63, 3.8) is 0 Å². The highest BCUT2D eigenvalue weighted by Gasteiger charge is 2.56. The first-order valence-electron chi connectivity index (χ1n) is 5.71. The van der Waals surface area contributed by atoms with Crippen LogP contribution in [0, 0.1) is 0 Å². The summed E-state index contributed by atoms with van der Waals surface area (Å²) in [5, 5.41) is 0. The summed E-state index contributed by atoms with van der Waals surface area (Å²) in [6.45, 7) is 2.53. The zero-order chi connectivity index (χ0) is 11.6. The summed E-state index contributed by atoms with van der Waals surface area (Å²) in [5.74, 6) is -0.842. The Morgan fingerprint density at radius 1 is 1.31 bits per heavy atom. The van der Waals surface area contributed by atoms with Gasteiger partial charge in [-0.05, 0) is 26.2 Å². The molecule has 92 valence electrons. The van der Waals surface area contributed by atoms with E-state index in [1.54, 1.807) is 0 Å². The molecule has 0 aliphatic carbocycles. The Hall–Kier alpha value is -0.680. The van der Waals surface area contributed by atoms with Gasteiger partial charge < -0.3 is 14.2 Å². The van der Waals surface area contributed by atoms with Crippen LogP contribution in [0.15, 0.2) is 0 Å². The second kappa shape index (κ2) is 4.67. The molecule has 0 aromatic carbocycles. The second-order valence-electron chi connectivity index (χ2n) is 4.45. The molecule has 0 amide bonds. The highest BCUT2D eigenvalue weighted by Crippen LogP contribution is 2.32. The molecule has 2 rings (SSSR count). The van der Waals surface area contributed by atoms with E-state index in [1.165, 1.54) is 6.92 Å². The summed E-state index contributed by atoms with van der Waals surface area (Å²) in [5.41, 5.74) is -2.05. The monoisotopic (exact) mass is 232 g/mol. The summed E-state index contributed by atoms with van der Waals surface area (Å²) < 4.78 is 29.8. The minimum absolute atomic E-state index is 0.218. The Balaban J connectivity index is 2.06. The first kappa shape index (κ1) is 11.8. The molecule has 0 unspecified atom stereocenters. The lowest BCUT2D eigenvalue weighted by molar-refractivity contribution is -0.150.